The lowest BCUT2D eigenvalue weighted by Crippen LogP contribution is -1.98. The van der Waals surface area contributed by atoms with Crippen LogP contribution in [0.25, 0.3) is 10.4 Å². The quantitative estimate of drug-likeness (QED) is 0.904. The van der Waals surface area contributed by atoms with E-state index in [0.717, 1.165) is 21.9 Å². The lowest BCUT2D eigenvalue weighted by molar-refractivity contribution is 0.355. The third-order valence-corrected chi connectivity index (χ3v) is 3.40. The molecule has 2 N–H and O–H groups in total. The van der Waals surface area contributed by atoms with Crippen LogP contribution in [0.2, 0.25) is 0 Å². The van der Waals surface area contributed by atoms with Gasteiger partial charge in [-0.2, -0.15) is 0 Å². The van der Waals surface area contributed by atoms with Gasteiger partial charge < -0.3 is 15.2 Å². The predicted molar refractivity (Wildman–Crippen MR) is 68.5 cm³/mol. The molecule has 0 unspecified atom stereocenters. The van der Waals surface area contributed by atoms with Crippen molar-refractivity contribution in [2.24, 2.45) is 5.73 Å². The van der Waals surface area contributed by atoms with Crippen LogP contribution in [0.1, 0.15) is 5.69 Å². The Labute approximate surface area is 104 Å². The van der Waals surface area contributed by atoms with Crippen LogP contribution in [0.15, 0.2) is 23.7 Å². The molecule has 0 atom stereocenters. The van der Waals surface area contributed by atoms with Crippen LogP contribution in [0.3, 0.4) is 0 Å². The Morgan fingerprint density at radius 2 is 2.00 bits per heavy atom. The summed E-state index contributed by atoms with van der Waals surface area (Å²) in [5.41, 5.74) is 9.40. The zero-order chi connectivity index (χ0) is 12.3. The SMILES string of the molecule is COc1ccc(-c2scnc2CN)cc1OC. The van der Waals surface area contributed by atoms with Gasteiger partial charge in [0.05, 0.1) is 30.3 Å². The molecule has 0 radical (unpaired) electrons. The van der Waals surface area contributed by atoms with Crippen LogP contribution < -0.4 is 15.2 Å². The summed E-state index contributed by atoms with van der Waals surface area (Å²) in [4.78, 5) is 5.31. The highest BCUT2D eigenvalue weighted by molar-refractivity contribution is 7.13. The zero-order valence-electron chi connectivity index (χ0n) is 9.77. The zero-order valence-corrected chi connectivity index (χ0v) is 10.6. The monoisotopic (exact) mass is 250 g/mol. The molecule has 0 aliphatic carbocycles. The number of ether oxygens (including phenoxy) is 2. The highest BCUT2D eigenvalue weighted by Gasteiger charge is 2.10. The van der Waals surface area contributed by atoms with Gasteiger partial charge in [0.1, 0.15) is 0 Å². The minimum absolute atomic E-state index is 0.438. The van der Waals surface area contributed by atoms with E-state index < -0.39 is 0 Å². The lowest BCUT2D eigenvalue weighted by Gasteiger charge is -2.09. The molecule has 17 heavy (non-hydrogen) atoms. The fourth-order valence-corrected chi connectivity index (χ4v) is 2.45. The van der Waals surface area contributed by atoms with Gasteiger partial charge in [0.15, 0.2) is 11.5 Å². The summed E-state index contributed by atoms with van der Waals surface area (Å²) in [6.07, 6.45) is 0. The third kappa shape index (κ3) is 2.25. The molecule has 0 saturated heterocycles. The van der Waals surface area contributed by atoms with Crippen molar-refractivity contribution >= 4 is 11.3 Å². The Kier molecular flexibility index (Phi) is 3.61. The summed E-state index contributed by atoms with van der Waals surface area (Å²) in [7, 11) is 3.24. The number of thiazole rings is 1. The lowest BCUT2D eigenvalue weighted by atomic mass is 10.1. The topological polar surface area (TPSA) is 57.4 Å². The second-order valence-corrected chi connectivity index (χ2v) is 4.26. The minimum atomic E-state index is 0.438. The molecule has 1 aromatic carbocycles. The van der Waals surface area contributed by atoms with Gasteiger partial charge in [-0.3, -0.25) is 0 Å². The molecule has 90 valence electrons. The molecule has 0 saturated carbocycles. The van der Waals surface area contributed by atoms with Crippen LogP contribution in [-0.2, 0) is 6.54 Å². The predicted octanol–water partition coefficient (Wildman–Crippen LogP) is 2.29. The molecule has 2 aromatic rings. The van der Waals surface area contributed by atoms with Crippen LogP contribution in [0, 0.1) is 0 Å². The molecule has 2 rings (SSSR count). The largest absolute Gasteiger partial charge is 0.493 e. The first-order valence-electron chi connectivity index (χ1n) is 5.15. The van der Waals surface area contributed by atoms with Gasteiger partial charge in [-0.25, -0.2) is 4.98 Å². The molecule has 4 nitrogen and oxygen atoms in total. The number of aromatic nitrogens is 1. The fraction of sp³-hybridized carbons (Fsp3) is 0.250. The first-order valence-corrected chi connectivity index (χ1v) is 6.03. The summed E-state index contributed by atoms with van der Waals surface area (Å²) in [6.45, 7) is 0.438. The molecular weight excluding hydrogens is 236 g/mol. The number of nitrogens with two attached hydrogens (primary N) is 1. The molecule has 1 aromatic heterocycles. The number of nitrogens with zero attached hydrogens (tertiary/aromatic N) is 1. The highest BCUT2D eigenvalue weighted by Crippen LogP contribution is 2.35. The van der Waals surface area contributed by atoms with E-state index in [9.17, 15) is 0 Å². The number of hydrogen-bond acceptors (Lipinski definition) is 5. The van der Waals surface area contributed by atoms with E-state index in [0.29, 0.717) is 12.3 Å². The van der Waals surface area contributed by atoms with Crippen molar-refractivity contribution in [3.8, 4) is 21.9 Å². The molecule has 0 aliphatic heterocycles. The van der Waals surface area contributed by atoms with E-state index in [1.807, 2.05) is 18.2 Å². The molecule has 0 bridgehead atoms. The second-order valence-electron chi connectivity index (χ2n) is 3.40. The van der Waals surface area contributed by atoms with Gasteiger partial charge >= 0.3 is 0 Å². The molecule has 5 heteroatoms. The Hall–Kier alpha value is -1.59. The fourth-order valence-electron chi connectivity index (χ4n) is 1.63. The maximum Gasteiger partial charge on any atom is 0.161 e. The first kappa shape index (κ1) is 11.9. The van der Waals surface area contributed by atoms with Crippen molar-refractivity contribution in [2.75, 3.05) is 14.2 Å². The van der Waals surface area contributed by atoms with Crippen molar-refractivity contribution in [2.45, 2.75) is 6.54 Å². The van der Waals surface area contributed by atoms with Crippen LogP contribution in [0.5, 0.6) is 11.5 Å². The van der Waals surface area contributed by atoms with Crippen LogP contribution in [-0.4, -0.2) is 19.2 Å². The van der Waals surface area contributed by atoms with Crippen molar-refractivity contribution < 1.29 is 9.47 Å². The maximum absolute atomic E-state index is 5.65. The maximum atomic E-state index is 5.65. The summed E-state index contributed by atoms with van der Waals surface area (Å²) in [5.74, 6) is 1.43. The van der Waals surface area contributed by atoms with Gasteiger partial charge in [0, 0.05) is 6.54 Å². The Morgan fingerprint density at radius 3 is 2.65 bits per heavy atom. The Morgan fingerprint density at radius 1 is 1.24 bits per heavy atom. The van der Waals surface area contributed by atoms with E-state index in [2.05, 4.69) is 4.98 Å². The van der Waals surface area contributed by atoms with Crippen LogP contribution >= 0.6 is 11.3 Å². The molecular formula is C12H14N2O2S. The summed E-state index contributed by atoms with van der Waals surface area (Å²) >= 11 is 1.57. The summed E-state index contributed by atoms with van der Waals surface area (Å²) < 4.78 is 10.5. The van der Waals surface area contributed by atoms with E-state index in [1.165, 1.54) is 0 Å². The van der Waals surface area contributed by atoms with Crippen LogP contribution in [0.4, 0.5) is 0 Å². The number of methoxy groups -OCH3 is 2. The van der Waals surface area contributed by atoms with Gasteiger partial charge in [0.25, 0.3) is 0 Å². The van der Waals surface area contributed by atoms with E-state index in [4.69, 9.17) is 15.2 Å². The first-order chi connectivity index (χ1) is 8.30. The van der Waals surface area contributed by atoms with E-state index in [-0.39, 0.29) is 0 Å². The van der Waals surface area contributed by atoms with Gasteiger partial charge in [-0.15, -0.1) is 11.3 Å². The number of hydrogen-bond donors (Lipinski definition) is 1. The molecule has 0 spiro atoms. The standard InChI is InChI=1S/C12H14N2O2S/c1-15-10-4-3-8(5-11(10)16-2)12-9(6-13)14-7-17-12/h3-5,7H,6,13H2,1-2H3. The molecule has 0 amide bonds. The number of benzene rings is 1. The summed E-state index contributed by atoms with van der Waals surface area (Å²) in [5, 5.41) is 0. The van der Waals surface area contributed by atoms with Crippen molar-refractivity contribution in [3.05, 3.63) is 29.4 Å². The van der Waals surface area contributed by atoms with Gasteiger partial charge in [0.2, 0.25) is 0 Å². The minimum Gasteiger partial charge on any atom is -0.493 e. The smallest absolute Gasteiger partial charge is 0.161 e. The van der Waals surface area contributed by atoms with Crippen molar-refractivity contribution in [3.63, 3.8) is 0 Å². The molecule has 0 aliphatic rings. The Bertz CT molecular complexity index is 511. The van der Waals surface area contributed by atoms with Crippen molar-refractivity contribution in [1.29, 1.82) is 0 Å². The normalized spacial score (nSPS) is 10.3. The van der Waals surface area contributed by atoms with Gasteiger partial charge in [-0.1, -0.05) is 0 Å². The Balaban J connectivity index is 2.46. The van der Waals surface area contributed by atoms with E-state index >= 15 is 0 Å². The number of rotatable bonds is 4. The average molecular weight is 250 g/mol. The van der Waals surface area contributed by atoms with Crippen molar-refractivity contribution in [1.82, 2.24) is 4.98 Å². The van der Waals surface area contributed by atoms with Gasteiger partial charge in [-0.05, 0) is 23.8 Å². The summed E-state index contributed by atoms with van der Waals surface area (Å²) in [6, 6.07) is 5.80. The van der Waals surface area contributed by atoms with E-state index in [1.54, 1.807) is 31.1 Å². The molecule has 1 heterocycles. The third-order valence-electron chi connectivity index (χ3n) is 2.48. The second kappa shape index (κ2) is 5.16. The highest BCUT2D eigenvalue weighted by atomic mass is 32.1. The average Bonchev–Trinajstić information content (AvgIpc) is 2.86. The molecule has 0 fully saturated rings.